The molecule has 0 aromatic carbocycles. The second-order valence-corrected chi connectivity index (χ2v) is 3.19. The second kappa shape index (κ2) is 4.45. The highest BCUT2D eigenvalue weighted by Gasteiger charge is 2.04. The number of hydrogen-bond donors (Lipinski definition) is 3. The SMILES string of the molecule is C=C(N)C(=O)NCc1ccc(N)nc1C. The molecular weight excluding hydrogens is 192 g/mol. The van der Waals surface area contributed by atoms with Crippen LogP contribution in [0.25, 0.3) is 0 Å². The minimum Gasteiger partial charge on any atom is -0.395 e. The molecule has 80 valence electrons. The van der Waals surface area contributed by atoms with Crippen molar-refractivity contribution in [3.8, 4) is 0 Å². The lowest BCUT2D eigenvalue weighted by atomic mass is 10.2. The fourth-order valence-corrected chi connectivity index (χ4v) is 1.09. The summed E-state index contributed by atoms with van der Waals surface area (Å²) >= 11 is 0. The van der Waals surface area contributed by atoms with Gasteiger partial charge in [-0.05, 0) is 18.6 Å². The molecule has 1 aromatic rings. The zero-order valence-electron chi connectivity index (χ0n) is 8.58. The van der Waals surface area contributed by atoms with Crippen molar-refractivity contribution >= 4 is 11.7 Å². The van der Waals surface area contributed by atoms with Crippen molar-refractivity contribution in [3.63, 3.8) is 0 Å². The van der Waals surface area contributed by atoms with Crippen LogP contribution in [0.5, 0.6) is 0 Å². The molecule has 15 heavy (non-hydrogen) atoms. The molecule has 1 amide bonds. The number of amides is 1. The first-order valence-corrected chi connectivity index (χ1v) is 4.45. The second-order valence-electron chi connectivity index (χ2n) is 3.19. The van der Waals surface area contributed by atoms with Gasteiger partial charge < -0.3 is 16.8 Å². The lowest BCUT2D eigenvalue weighted by molar-refractivity contribution is -0.117. The Kier molecular flexibility index (Phi) is 3.28. The summed E-state index contributed by atoms with van der Waals surface area (Å²) in [6.07, 6.45) is 0. The van der Waals surface area contributed by atoms with Crippen LogP contribution in [0.1, 0.15) is 11.3 Å². The maximum Gasteiger partial charge on any atom is 0.266 e. The molecule has 0 aliphatic rings. The van der Waals surface area contributed by atoms with Gasteiger partial charge in [0.05, 0.1) is 5.70 Å². The molecule has 1 heterocycles. The van der Waals surface area contributed by atoms with Crippen molar-refractivity contribution in [2.45, 2.75) is 13.5 Å². The van der Waals surface area contributed by atoms with Crippen LogP contribution in [0.2, 0.25) is 0 Å². The van der Waals surface area contributed by atoms with Gasteiger partial charge in [-0.25, -0.2) is 4.98 Å². The van der Waals surface area contributed by atoms with E-state index in [1.807, 2.05) is 13.0 Å². The Labute approximate surface area is 88.2 Å². The Morgan fingerprint density at radius 2 is 2.27 bits per heavy atom. The molecule has 0 bridgehead atoms. The molecule has 0 saturated carbocycles. The number of hydrogen-bond acceptors (Lipinski definition) is 4. The maximum absolute atomic E-state index is 11.1. The fourth-order valence-electron chi connectivity index (χ4n) is 1.09. The lowest BCUT2D eigenvalue weighted by Crippen LogP contribution is -2.27. The third-order valence-electron chi connectivity index (χ3n) is 1.95. The first-order valence-electron chi connectivity index (χ1n) is 4.45. The topological polar surface area (TPSA) is 94.0 Å². The number of nitrogens with two attached hydrogens (primary N) is 2. The molecule has 0 aliphatic carbocycles. The van der Waals surface area contributed by atoms with Gasteiger partial charge in [-0.15, -0.1) is 0 Å². The van der Waals surface area contributed by atoms with E-state index < -0.39 is 0 Å². The predicted octanol–water partition coefficient (Wildman–Crippen LogP) is 0.0608. The van der Waals surface area contributed by atoms with E-state index in [9.17, 15) is 4.79 Å². The normalized spacial score (nSPS) is 9.67. The summed E-state index contributed by atoms with van der Waals surface area (Å²) < 4.78 is 0. The van der Waals surface area contributed by atoms with Crippen LogP contribution in [0.3, 0.4) is 0 Å². The smallest absolute Gasteiger partial charge is 0.266 e. The number of carbonyl (C=O) groups is 1. The van der Waals surface area contributed by atoms with Crippen LogP contribution >= 0.6 is 0 Å². The van der Waals surface area contributed by atoms with Crippen molar-refractivity contribution in [2.75, 3.05) is 5.73 Å². The van der Waals surface area contributed by atoms with Gasteiger partial charge in [-0.1, -0.05) is 12.6 Å². The molecule has 0 atom stereocenters. The van der Waals surface area contributed by atoms with E-state index in [0.717, 1.165) is 11.3 Å². The summed E-state index contributed by atoms with van der Waals surface area (Å²) in [5.74, 6) is 0.0945. The summed E-state index contributed by atoms with van der Waals surface area (Å²) in [5, 5.41) is 2.61. The average molecular weight is 206 g/mol. The number of carbonyl (C=O) groups excluding carboxylic acids is 1. The standard InChI is InChI=1S/C10H14N4O/c1-6(11)10(15)13-5-8-3-4-9(12)14-7(8)2/h3-4H,1,5,11H2,2H3,(H2,12,14)(H,13,15). The molecule has 0 unspecified atom stereocenters. The third kappa shape index (κ3) is 2.98. The van der Waals surface area contributed by atoms with Crippen LogP contribution in [-0.2, 0) is 11.3 Å². The van der Waals surface area contributed by atoms with Crippen molar-refractivity contribution in [2.24, 2.45) is 5.73 Å². The van der Waals surface area contributed by atoms with Crippen molar-refractivity contribution < 1.29 is 4.79 Å². The minimum atomic E-state index is -0.369. The number of nitrogens with one attached hydrogen (secondary N) is 1. The zero-order valence-corrected chi connectivity index (χ0v) is 8.58. The van der Waals surface area contributed by atoms with E-state index in [2.05, 4.69) is 16.9 Å². The molecule has 5 nitrogen and oxygen atoms in total. The van der Waals surface area contributed by atoms with Crippen LogP contribution in [0.15, 0.2) is 24.4 Å². The largest absolute Gasteiger partial charge is 0.395 e. The molecule has 0 radical (unpaired) electrons. The number of nitrogen functional groups attached to an aromatic ring is 1. The maximum atomic E-state index is 11.1. The number of rotatable bonds is 3. The van der Waals surface area contributed by atoms with Gasteiger partial charge in [0.25, 0.3) is 5.91 Å². The first-order chi connectivity index (χ1) is 7.00. The van der Waals surface area contributed by atoms with Crippen molar-refractivity contribution in [1.82, 2.24) is 10.3 Å². The summed E-state index contributed by atoms with van der Waals surface area (Å²) in [6.45, 7) is 5.53. The molecular formula is C10H14N4O. The van der Waals surface area contributed by atoms with Crippen LogP contribution < -0.4 is 16.8 Å². The Hall–Kier alpha value is -2.04. The summed E-state index contributed by atoms with van der Waals surface area (Å²) in [5.41, 5.74) is 12.4. The van der Waals surface area contributed by atoms with E-state index in [1.165, 1.54) is 0 Å². The van der Waals surface area contributed by atoms with Crippen LogP contribution in [-0.4, -0.2) is 10.9 Å². The van der Waals surface area contributed by atoms with Gasteiger partial charge in [-0.2, -0.15) is 0 Å². The third-order valence-corrected chi connectivity index (χ3v) is 1.95. The highest BCUT2D eigenvalue weighted by atomic mass is 16.1. The monoisotopic (exact) mass is 206 g/mol. The van der Waals surface area contributed by atoms with Gasteiger partial charge in [-0.3, -0.25) is 4.79 Å². The highest BCUT2D eigenvalue weighted by molar-refractivity contribution is 5.91. The average Bonchev–Trinajstić information content (AvgIpc) is 2.15. The lowest BCUT2D eigenvalue weighted by Gasteiger charge is -2.07. The first kappa shape index (κ1) is 11.0. The van der Waals surface area contributed by atoms with Crippen LogP contribution in [0, 0.1) is 6.92 Å². The number of aromatic nitrogens is 1. The van der Waals surface area contributed by atoms with E-state index in [0.29, 0.717) is 12.4 Å². The van der Waals surface area contributed by atoms with Crippen LogP contribution in [0.4, 0.5) is 5.82 Å². The highest BCUT2D eigenvalue weighted by Crippen LogP contribution is 2.07. The fraction of sp³-hybridized carbons (Fsp3) is 0.200. The summed E-state index contributed by atoms with van der Waals surface area (Å²) in [4.78, 5) is 15.2. The molecule has 0 fully saturated rings. The molecule has 0 spiro atoms. The summed E-state index contributed by atoms with van der Waals surface area (Å²) in [7, 11) is 0. The van der Waals surface area contributed by atoms with Gasteiger partial charge in [0.1, 0.15) is 5.82 Å². The molecule has 5 heteroatoms. The Morgan fingerprint density at radius 3 is 2.80 bits per heavy atom. The summed E-state index contributed by atoms with van der Waals surface area (Å²) in [6, 6.07) is 3.50. The molecule has 5 N–H and O–H groups in total. The number of nitrogens with zero attached hydrogens (tertiary/aromatic N) is 1. The van der Waals surface area contributed by atoms with E-state index in [1.54, 1.807) is 6.07 Å². The predicted molar refractivity (Wildman–Crippen MR) is 58.6 cm³/mol. The van der Waals surface area contributed by atoms with Gasteiger partial charge >= 0.3 is 0 Å². The number of pyridine rings is 1. The van der Waals surface area contributed by atoms with Gasteiger partial charge in [0, 0.05) is 12.2 Å². The van der Waals surface area contributed by atoms with Crippen molar-refractivity contribution in [1.29, 1.82) is 0 Å². The van der Waals surface area contributed by atoms with E-state index in [4.69, 9.17) is 11.5 Å². The minimum absolute atomic E-state index is 0.00365. The molecule has 1 rings (SSSR count). The number of anilines is 1. The quantitative estimate of drug-likeness (QED) is 0.609. The van der Waals surface area contributed by atoms with Gasteiger partial charge in [0.2, 0.25) is 0 Å². The van der Waals surface area contributed by atoms with E-state index >= 15 is 0 Å². The Morgan fingerprint density at radius 1 is 1.60 bits per heavy atom. The van der Waals surface area contributed by atoms with Crippen molar-refractivity contribution in [3.05, 3.63) is 35.7 Å². The number of aryl methyl sites for hydroxylation is 1. The Balaban J connectivity index is 2.66. The van der Waals surface area contributed by atoms with E-state index in [-0.39, 0.29) is 11.6 Å². The molecule has 0 aliphatic heterocycles. The molecule has 0 saturated heterocycles. The molecule has 1 aromatic heterocycles. The Bertz CT molecular complexity index is 400. The van der Waals surface area contributed by atoms with Gasteiger partial charge in [0.15, 0.2) is 0 Å². The zero-order chi connectivity index (χ0) is 11.4.